The number of carbonyl (C=O) groups is 1. The van der Waals surface area contributed by atoms with Crippen molar-refractivity contribution in [2.24, 2.45) is 0 Å². The normalized spacial score (nSPS) is 15.3. The standard InChI is InChI=1S/C16H15F3N4O2/c17-16(18,19)13-1-2-14(20-11-13)21-7-9-22(10-8-21)15(24)12-3-5-23(25)6-4-12/h1-6,11H,7-10H2. The van der Waals surface area contributed by atoms with Crippen LogP contribution in [0.15, 0.2) is 42.9 Å². The molecular formula is C16H15F3N4O2. The summed E-state index contributed by atoms with van der Waals surface area (Å²) in [6, 6.07) is 5.25. The second-order valence-corrected chi connectivity index (χ2v) is 5.63. The number of pyridine rings is 2. The highest BCUT2D eigenvalue weighted by atomic mass is 19.4. The number of halogens is 3. The number of amides is 1. The molecule has 25 heavy (non-hydrogen) atoms. The van der Waals surface area contributed by atoms with Crippen molar-refractivity contribution in [3.8, 4) is 0 Å². The quantitative estimate of drug-likeness (QED) is 0.610. The Morgan fingerprint density at radius 2 is 1.72 bits per heavy atom. The van der Waals surface area contributed by atoms with E-state index in [1.807, 2.05) is 4.90 Å². The summed E-state index contributed by atoms with van der Waals surface area (Å²) in [6.07, 6.45) is -1.07. The van der Waals surface area contributed by atoms with Gasteiger partial charge in [0.1, 0.15) is 5.82 Å². The van der Waals surface area contributed by atoms with Crippen LogP contribution in [0.3, 0.4) is 0 Å². The van der Waals surface area contributed by atoms with Crippen LogP contribution in [0.1, 0.15) is 15.9 Å². The van der Waals surface area contributed by atoms with Gasteiger partial charge in [-0.1, -0.05) is 0 Å². The van der Waals surface area contributed by atoms with Crippen LogP contribution in [0.4, 0.5) is 19.0 Å². The molecule has 9 heteroatoms. The Bertz CT molecular complexity index is 739. The lowest BCUT2D eigenvalue weighted by molar-refractivity contribution is -0.605. The zero-order valence-electron chi connectivity index (χ0n) is 13.1. The van der Waals surface area contributed by atoms with E-state index in [1.54, 1.807) is 4.90 Å². The lowest BCUT2D eigenvalue weighted by Crippen LogP contribution is -2.49. The Morgan fingerprint density at radius 3 is 2.24 bits per heavy atom. The Morgan fingerprint density at radius 1 is 1.08 bits per heavy atom. The lowest BCUT2D eigenvalue weighted by Gasteiger charge is -2.35. The Balaban J connectivity index is 1.61. The predicted molar refractivity (Wildman–Crippen MR) is 82.8 cm³/mol. The summed E-state index contributed by atoms with van der Waals surface area (Å²) >= 11 is 0. The van der Waals surface area contributed by atoms with Crippen molar-refractivity contribution in [1.29, 1.82) is 0 Å². The van der Waals surface area contributed by atoms with Gasteiger partial charge in [0.2, 0.25) is 0 Å². The van der Waals surface area contributed by atoms with Crippen molar-refractivity contribution in [2.75, 3.05) is 31.1 Å². The highest BCUT2D eigenvalue weighted by Gasteiger charge is 2.31. The van der Waals surface area contributed by atoms with E-state index < -0.39 is 11.7 Å². The first kappa shape index (κ1) is 17.0. The fourth-order valence-electron chi connectivity index (χ4n) is 2.62. The van der Waals surface area contributed by atoms with Crippen LogP contribution in [0.5, 0.6) is 0 Å². The monoisotopic (exact) mass is 352 g/mol. The number of carbonyl (C=O) groups excluding carboxylic acids is 1. The van der Waals surface area contributed by atoms with Crippen molar-refractivity contribution >= 4 is 11.7 Å². The van der Waals surface area contributed by atoms with Crippen LogP contribution in [0.25, 0.3) is 0 Å². The third-order valence-electron chi connectivity index (χ3n) is 4.02. The molecule has 0 aromatic carbocycles. The smallest absolute Gasteiger partial charge is 0.417 e. The summed E-state index contributed by atoms with van der Waals surface area (Å²) in [4.78, 5) is 19.7. The molecule has 1 fully saturated rings. The maximum Gasteiger partial charge on any atom is 0.417 e. The Kier molecular flexibility index (Phi) is 4.47. The zero-order valence-corrected chi connectivity index (χ0v) is 13.1. The first-order chi connectivity index (χ1) is 11.8. The molecule has 2 aromatic heterocycles. The van der Waals surface area contributed by atoms with E-state index in [0.717, 1.165) is 12.3 Å². The van der Waals surface area contributed by atoms with Crippen LogP contribution in [0.2, 0.25) is 0 Å². The lowest BCUT2D eigenvalue weighted by atomic mass is 10.2. The molecular weight excluding hydrogens is 337 g/mol. The van der Waals surface area contributed by atoms with Crippen molar-refractivity contribution in [2.45, 2.75) is 6.18 Å². The number of anilines is 1. The van der Waals surface area contributed by atoms with E-state index in [-0.39, 0.29) is 5.91 Å². The van der Waals surface area contributed by atoms with Gasteiger partial charge in [0, 0.05) is 44.5 Å². The minimum absolute atomic E-state index is 0.180. The van der Waals surface area contributed by atoms with Gasteiger partial charge < -0.3 is 15.0 Å². The van der Waals surface area contributed by atoms with Crippen molar-refractivity contribution in [3.05, 3.63) is 59.2 Å². The Hall–Kier alpha value is -2.84. The van der Waals surface area contributed by atoms with Crippen molar-refractivity contribution in [1.82, 2.24) is 9.88 Å². The molecule has 0 N–H and O–H groups in total. The maximum absolute atomic E-state index is 12.6. The van der Waals surface area contributed by atoms with Gasteiger partial charge in [-0.25, -0.2) is 4.98 Å². The summed E-state index contributed by atoms with van der Waals surface area (Å²) in [7, 11) is 0. The first-order valence-electron chi connectivity index (χ1n) is 7.61. The average Bonchev–Trinajstić information content (AvgIpc) is 2.61. The molecule has 132 valence electrons. The van der Waals surface area contributed by atoms with E-state index in [9.17, 15) is 23.2 Å². The van der Waals surface area contributed by atoms with Crippen molar-refractivity contribution < 1.29 is 22.7 Å². The molecule has 0 bridgehead atoms. The number of alkyl halides is 3. The summed E-state index contributed by atoms with van der Waals surface area (Å²) in [5, 5.41) is 11.0. The van der Waals surface area contributed by atoms with Crippen LogP contribution >= 0.6 is 0 Å². The number of piperazine rings is 1. The molecule has 0 radical (unpaired) electrons. The molecule has 3 rings (SSSR count). The number of rotatable bonds is 2. The average molecular weight is 352 g/mol. The third-order valence-corrected chi connectivity index (χ3v) is 4.02. The summed E-state index contributed by atoms with van der Waals surface area (Å²) in [6.45, 7) is 1.79. The minimum atomic E-state index is -4.41. The van der Waals surface area contributed by atoms with Crippen LogP contribution in [0, 0.1) is 5.21 Å². The second-order valence-electron chi connectivity index (χ2n) is 5.63. The summed E-state index contributed by atoms with van der Waals surface area (Å²) in [5.74, 6) is 0.271. The van der Waals surface area contributed by atoms with Gasteiger partial charge in [-0.2, -0.15) is 17.9 Å². The molecule has 0 aliphatic carbocycles. The molecule has 2 aromatic rings. The molecule has 1 saturated heterocycles. The topological polar surface area (TPSA) is 63.4 Å². The molecule has 0 atom stereocenters. The number of nitrogens with zero attached hydrogens (tertiary/aromatic N) is 4. The molecule has 1 aliphatic rings. The van der Waals surface area contributed by atoms with Gasteiger partial charge in [0.15, 0.2) is 12.4 Å². The predicted octanol–water partition coefficient (Wildman–Crippen LogP) is 1.70. The van der Waals surface area contributed by atoms with Gasteiger partial charge in [-0.05, 0) is 12.1 Å². The number of hydrogen-bond acceptors (Lipinski definition) is 4. The molecule has 0 saturated carbocycles. The van der Waals surface area contributed by atoms with Crippen LogP contribution in [-0.2, 0) is 6.18 Å². The van der Waals surface area contributed by atoms with Gasteiger partial charge in [-0.15, -0.1) is 0 Å². The number of hydrogen-bond donors (Lipinski definition) is 0. The highest BCUT2D eigenvalue weighted by Crippen LogP contribution is 2.29. The van der Waals surface area contributed by atoms with Gasteiger partial charge in [0.05, 0.1) is 11.1 Å². The maximum atomic E-state index is 12.6. The molecule has 0 spiro atoms. The van der Waals surface area contributed by atoms with Gasteiger partial charge in [-0.3, -0.25) is 4.79 Å². The molecule has 6 nitrogen and oxygen atoms in total. The Labute approximate surface area is 141 Å². The number of aromatic nitrogens is 2. The zero-order chi connectivity index (χ0) is 18.0. The fraction of sp³-hybridized carbons (Fsp3) is 0.312. The van der Waals surface area contributed by atoms with Crippen LogP contribution in [-0.4, -0.2) is 42.0 Å². The van der Waals surface area contributed by atoms with E-state index in [2.05, 4.69) is 4.98 Å². The fourth-order valence-corrected chi connectivity index (χ4v) is 2.62. The van der Waals surface area contributed by atoms with E-state index >= 15 is 0 Å². The van der Waals surface area contributed by atoms with Gasteiger partial charge in [0.25, 0.3) is 5.91 Å². The summed E-state index contributed by atoms with van der Waals surface area (Å²) < 4.78 is 38.3. The van der Waals surface area contributed by atoms with E-state index in [4.69, 9.17) is 0 Å². The molecule has 3 heterocycles. The van der Waals surface area contributed by atoms with E-state index in [0.29, 0.717) is 42.3 Å². The first-order valence-corrected chi connectivity index (χ1v) is 7.61. The largest absolute Gasteiger partial charge is 0.619 e. The third kappa shape index (κ3) is 3.81. The second kappa shape index (κ2) is 6.58. The SMILES string of the molecule is O=C(c1cc[n+]([O-])cc1)N1CCN(c2ccc(C(F)(F)F)cn2)CC1. The molecule has 0 unspecified atom stereocenters. The highest BCUT2D eigenvalue weighted by molar-refractivity contribution is 5.94. The minimum Gasteiger partial charge on any atom is -0.619 e. The molecule has 1 amide bonds. The van der Waals surface area contributed by atoms with E-state index in [1.165, 1.54) is 30.6 Å². The van der Waals surface area contributed by atoms with Gasteiger partial charge >= 0.3 is 6.18 Å². The van der Waals surface area contributed by atoms with Crippen LogP contribution < -0.4 is 9.63 Å². The molecule has 1 aliphatic heterocycles. The summed E-state index contributed by atoms with van der Waals surface area (Å²) in [5.41, 5.74) is -0.363. The van der Waals surface area contributed by atoms with Crippen molar-refractivity contribution in [3.63, 3.8) is 0 Å².